The van der Waals surface area contributed by atoms with Gasteiger partial charge in [-0.25, -0.2) is 0 Å². The summed E-state index contributed by atoms with van der Waals surface area (Å²) >= 11 is 0. The van der Waals surface area contributed by atoms with Crippen LogP contribution < -0.4 is 5.32 Å². The van der Waals surface area contributed by atoms with Crippen molar-refractivity contribution in [3.05, 3.63) is 65.7 Å². The Labute approximate surface area is 129 Å². The predicted molar refractivity (Wildman–Crippen MR) is 86.7 cm³/mol. The number of aromatic hydroxyl groups is 2. The highest BCUT2D eigenvalue weighted by Gasteiger charge is 2.05. The molecule has 3 N–H and O–H groups in total. The maximum Gasteiger partial charge on any atom is 0.244 e. The van der Waals surface area contributed by atoms with Gasteiger partial charge in [0.15, 0.2) is 11.5 Å². The monoisotopic (exact) mass is 297 g/mol. The molecule has 1 amide bonds. The number of carbonyl (C=O) groups excluding carboxylic acids is 1. The van der Waals surface area contributed by atoms with E-state index in [2.05, 4.69) is 12.2 Å². The van der Waals surface area contributed by atoms with Crippen LogP contribution in [0.3, 0.4) is 0 Å². The van der Waals surface area contributed by atoms with E-state index in [1.54, 1.807) is 12.1 Å². The zero-order valence-corrected chi connectivity index (χ0v) is 12.4. The molecule has 2 aromatic carbocycles. The van der Waals surface area contributed by atoms with Gasteiger partial charge < -0.3 is 15.5 Å². The van der Waals surface area contributed by atoms with Gasteiger partial charge in [-0.05, 0) is 35.3 Å². The fourth-order valence-corrected chi connectivity index (χ4v) is 2.03. The normalized spacial score (nSPS) is 12.2. The molecule has 0 saturated heterocycles. The van der Waals surface area contributed by atoms with Crippen LogP contribution in [0.25, 0.3) is 6.08 Å². The Kier molecular flexibility index (Phi) is 5.20. The molecule has 2 aromatic rings. The van der Waals surface area contributed by atoms with E-state index in [4.69, 9.17) is 0 Å². The van der Waals surface area contributed by atoms with Crippen molar-refractivity contribution in [1.29, 1.82) is 0 Å². The van der Waals surface area contributed by atoms with E-state index in [-0.39, 0.29) is 23.3 Å². The second kappa shape index (κ2) is 7.31. The van der Waals surface area contributed by atoms with Crippen molar-refractivity contribution in [2.24, 2.45) is 0 Å². The first-order chi connectivity index (χ1) is 10.6. The summed E-state index contributed by atoms with van der Waals surface area (Å²) < 4.78 is 0. The summed E-state index contributed by atoms with van der Waals surface area (Å²) in [4.78, 5) is 11.8. The van der Waals surface area contributed by atoms with Crippen LogP contribution in [0.2, 0.25) is 0 Å². The molecule has 114 valence electrons. The molecule has 1 atom stereocenters. The fourth-order valence-electron chi connectivity index (χ4n) is 2.03. The van der Waals surface area contributed by atoms with E-state index in [0.29, 0.717) is 12.1 Å². The van der Waals surface area contributed by atoms with Crippen molar-refractivity contribution in [2.45, 2.75) is 12.8 Å². The fraction of sp³-hybridized carbons (Fsp3) is 0.167. The summed E-state index contributed by atoms with van der Waals surface area (Å²) in [7, 11) is 0. The number of nitrogens with one attached hydrogen (secondary N) is 1. The van der Waals surface area contributed by atoms with Crippen LogP contribution in [0, 0.1) is 0 Å². The van der Waals surface area contributed by atoms with Crippen molar-refractivity contribution in [1.82, 2.24) is 5.32 Å². The predicted octanol–water partition coefficient (Wildman–Crippen LogP) is 3.03. The third kappa shape index (κ3) is 4.38. The van der Waals surface area contributed by atoms with Crippen LogP contribution in [-0.2, 0) is 4.79 Å². The summed E-state index contributed by atoms with van der Waals surface area (Å²) in [6.45, 7) is 2.60. The lowest BCUT2D eigenvalue weighted by molar-refractivity contribution is -0.116. The van der Waals surface area contributed by atoms with Gasteiger partial charge in [-0.2, -0.15) is 0 Å². The maximum atomic E-state index is 11.8. The second-order valence-corrected chi connectivity index (χ2v) is 5.14. The number of phenolic OH excluding ortho intramolecular Hbond substituents is 2. The smallest absolute Gasteiger partial charge is 0.244 e. The number of carbonyl (C=O) groups is 1. The largest absolute Gasteiger partial charge is 0.504 e. The number of benzene rings is 2. The van der Waals surface area contributed by atoms with Crippen LogP contribution in [0.4, 0.5) is 0 Å². The molecule has 0 fully saturated rings. The second-order valence-electron chi connectivity index (χ2n) is 5.14. The van der Waals surface area contributed by atoms with Crippen LogP contribution in [-0.4, -0.2) is 22.7 Å². The van der Waals surface area contributed by atoms with Gasteiger partial charge in [0, 0.05) is 12.6 Å². The van der Waals surface area contributed by atoms with Gasteiger partial charge >= 0.3 is 0 Å². The Balaban J connectivity index is 1.87. The quantitative estimate of drug-likeness (QED) is 0.587. The Hall–Kier alpha value is -2.75. The highest BCUT2D eigenvalue weighted by atomic mass is 16.3. The van der Waals surface area contributed by atoms with E-state index in [9.17, 15) is 15.0 Å². The highest BCUT2D eigenvalue weighted by molar-refractivity contribution is 5.91. The van der Waals surface area contributed by atoms with Gasteiger partial charge in [0.25, 0.3) is 0 Å². The Morgan fingerprint density at radius 1 is 1.14 bits per heavy atom. The van der Waals surface area contributed by atoms with Gasteiger partial charge in [-0.1, -0.05) is 43.3 Å². The zero-order chi connectivity index (χ0) is 15.9. The Bertz CT molecular complexity index is 665. The van der Waals surface area contributed by atoms with Crippen LogP contribution in [0.15, 0.2) is 54.6 Å². The minimum atomic E-state index is -0.208. The lowest BCUT2D eigenvalue weighted by Crippen LogP contribution is -2.25. The number of amides is 1. The third-order valence-corrected chi connectivity index (χ3v) is 3.38. The summed E-state index contributed by atoms with van der Waals surface area (Å²) in [5.74, 6) is -0.356. The van der Waals surface area contributed by atoms with E-state index >= 15 is 0 Å². The molecule has 4 nitrogen and oxygen atoms in total. The van der Waals surface area contributed by atoms with Crippen LogP contribution in [0.1, 0.15) is 24.0 Å². The number of rotatable bonds is 5. The molecular weight excluding hydrogens is 278 g/mol. The SMILES string of the molecule is CC(CNC(=O)/C=C/c1ccc(O)c(O)c1)c1ccccc1. The van der Waals surface area contributed by atoms with Gasteiger partial charge in [0.2, 0.25) is 5.91 Å². The Morgan fingerprint density at radius 2 is 1.86 bits per heavy atom. The number of hydrogen-bond donors (Lipinski definition) is 3. The van der Waals surface area contributed by atoms with Crippen molar-refractivity contribution in [3.63, 3.8) is 0 Å². The molecule has 1 unspecified atom stereocenters. The van der Waals surface area contributed by atoms with Crippen molar-refractivity contribution in [2.75, 3.05) is 6.54 Å². The average Bonchev–Trinajstić information content (AvgIpc) is 2.54. The van der Waals surface area contributed by atoms with Crippen molar-refractivity contribution >= 4 is 12.0 Å². The molecule has 0 aliphatic carbocycles. The first-order valence-corrected chi connectivity index (χ1v) is 7.09. The van der Waals surface area contributed by atoms with Gasteiger partial charge in [0.1, 0.15) is 0 Å². The van der Waals surface area contributed by atoms with Gasteiger partial charge in [-0.3, -0.25) is 4.79 Å². The standard InChI is InChI=1S/C18H19NO3/c1-13(15-5-3-2-4-6-15)12-19-18(22)10-8-14-7-9-16(20)17(21)11-14/h2-11,13,20-21H,12H2,1H3,(H,19,22)/b10-8+. The molecule has 0 radical (unpaired) electrons. The molecule has 0 saturated carbocycles. The lowest BCUT2D eigenvalue weighted by Gasteiger charge is -2.11. The third-order valence-electron chi connectivity index (χ3n) is 3.38. The highest BCUT2D eigenvalue weighted by Crippen LogP contribution is 2.25. The molecule has 0 aliphatic rings. The molecular formula is C18H19NO3. The van der Waals surface area contributed by atoms with Gasteiger partial charge in [0.05, 0.1) is 0 Å². The summed E-state index contributed by atoms with van der Waals surface area (Å²) in [6, 6.07) is 14.4. The van der Waals surface area contributed by atoms with Gasteiger partial charge in [-0.15, -0.1) is 0 Å². The number of hydrogen-bond acceptors (Lipinski definition) is 3. The summed E-state index contributed by atoms with van der Waals surface area (Å²) in [6.07, 6.45) is 2.99. The minimum absolute atomic E-state index is 0.182. The minimum Gasteiger partial charge on any atom is -0.504 e. The molecule has 4 heteroatoms. The Morgan fingerprint density at radius 3 is 2.55 bits per heavy atom. The average molecular weight is 297 g/mol. The lowest BCUT2D eigenvalue weighted by atomic mass is 10.0. The molecule has 0 aliphatic heterocycles. The first-order valence-electron chi connectivity index (χ1n) is 7.09. The topological polar surface area (TPSA) is 69.6 Å². The van der Waals surface area contributed by atoms with Crippen molar-refractivity contribution < 1.29 is 15.0 Å². The molecule has 0 spiro atoms. The zero-order valence-electron chi connectivity index (χ0n) is 12.4. The molecule has 22 heavy (non-hydrogen) atoms. The maximum absolute atomic E-state index is 11.8. The molecule has 0 aromatic heterocycles. The summed E-state index contributed by atoms with van der Waals surface area (Å²) in [5.41, 5.74) is 1.82. The van der Waals surface area contributed by atoms with E-state index in [1.165, 1.54) is 23.8 Å². The molecule has 0 bridgehead atoms. The summed E-state index contributed by atoms with van der Waals surface area (Å²) in [5, 5.41) is 21.4. The van der Waals surface area contributed by atoms with Crippen LogP contribution >= 0.6 is 0 Å². The van der Waals surface area contributed by atoms with Crippen molar-refractivity contribution in [3.8, 4) is 11.5 Å². The van der Waals surface area contributed by atoms with E-state index in [0.717, 1.165) is 0 Å². The van der Waals surface area contributed by atoms with E-state index < -0.39 is 0 Å². The number of phenols is 2. The van der Waals surface area contributed by atoms with E-state index in [1.807, 2.05) is 30.3 Å². The van der Waals surface area contributed by atoms with Crippen LogP contribution in [0.5, 0.6) is 11.5 Å². The first kappa shape index (κ1) is 15.6. The molecule has 0 heterocycles. The molecule has 2 rings (SSSR count).